The van der Waals surface area contributed by atoms with Crippen molar-refractivity contribution in [2.45, 2.75) is 25.8 Å². The van der Waals surface area contributed by atoms with E-state index in [4.69, 9.17) is 0 Å². The molecule has 1 fully saturated rings. The van der Waals surface area contributed by atoms with Crippen LogP contribution in [0.1, 0.15) is 30.3 Å². The average molecular weight is 263 g/mol. The van der Waals surface area contributed by atoms with Crippen molar-refractivity contribution in [2.24, 2.45) is 0 Å². The SMILES string of the molecule is CCN(CCNC(=O)c1ccc(NC)nn1)C1CC1. The monoisotopic (exact) mass is 263 g/mol. The summed E-state index contributed by atoms with van der Waals surface area (Å²) in [7, 11) is 1.76. The molecule has 2 N–H and O–H groups in total. The molecular weight excluding hydrogens is 242 g/mol. The largest absolute Gasteiger partial charge is 0.372 e. The van der Waals surface area contributed by atoms with Gasteiger partial charge < -0.3 is 10.6 Å². The van der Waals surface area contributed by atoms with Crippen molar-refractivity contribution in [3.63, 3.8) is 0 Å². The van der Waals surface area contributed by atoms with Crippen molar-refractivity contribution < 1.29 is 4.79 Å². The van der Waals surface area contributed by atoms with E-state index in [0.29, 0.717) is 18.1 Å². The van der Waals surface area contributed by atoms with Gasteiger partial charge in [0.25, 0.3) is 5.91 Å². The number of hydrogen-bond acceptors (Lipinski definition) is 5. The van der Waals surface area contributed by atoms with Crippen LogP contribution in [0, 0.1) is 0 Å². The van der Waals surface area contributed by atoms with Crippen molar-refractivity contribution >= 4 is 11.7 Å². The Bertz CT molecular complexity index is 416. The molecule has 1 saturated carbocycles. The second-order valence-corrected chi connectivity index (χ2v) is 4.67. The lowest BCUT2D eigenvalue weighted by atomic mass is 10.3. The van der Waals surface area contributed by atoms with Crippen LogP contribution in [0.3, 0.4) is 0 Å². The number of anilines is 1. The summed E-state index contributed by atoms with van der Waals surface area (Å²) in [5.41, 5.74) is 0.355. The third-order valence-corrected chi connectivity index (χ3v) is 3.31. The molecule has 1 aromatic heterocycles. The number of hydrogen-bond donors (Lipinski definition) is 2. The van der Waals surface area contributed by atoms with Gasteiger partial charge in [0.15, 0.2) is 5.69 Å². The van der Waals surface area contributed by atoms with E-state index in [-0.39, 0.29) is 5.91 Å². The predicted octanol–water partition coefficient (Wildman–Crippen LogP) is 0.732. The second-order valence-electron chi connectivity index (χ2n) is 4.67. The first kappa shape index (κ1) is 13.7. The van der Waals surface area contributed by atoms with Crippen LogP contribution in [0.2, 0.25) is 0 Å². The number of carbonyl (C=O) groups excluding carboxylic acids is 1. The molecule has 2 rings (SSSR count). The number of nitrogens with one attached hydrogen (secondary N) is 2. The lowest BCUT2D eigenvalue weighted by Gasteiger charge is -2.19. The zero-order valence-corrected chi connectivity index (χ0v) is 11.5. The highest BCUT2D eigenvalue weighted by Gasteiger charge is 2.27. The molecule has 0 bridgehead atoms. The average Bonchev–Trinajstić information content (AvgIpc) is 3.28. The molecule has 1 aliphatic carbocycles. The van der Waals surface area contributed by atoms with Gasteiger partial charge in [-0.05, 0) is 31.5 Å². The van der Waals surface area contributed by atoms with Gasteiger partial charge in [-0.3, -0.25) is 9.69 Å². The smallest absolute Gasteiger partial charge is 0.271 e. The number of nitrogens with zero attached hydrogens (tertiary/aromatic N) is 3. The minimum Gasteiger partial charge on any atom is -0.372 e. The standard InChI is InChI=1S/C13H21N5O/c1-3-18(10-4-5-10)9-8-15-13(19)11-6-7-12(14-2)17-16-11/h6-7,10H,3-5,8-9H2,1-2H3,(H,14,17)(H,15,19). The molecule has 6 heteroatoms. The van der Waals surface area contributed by atoms with Crippen molar-refractivity contribution in [1.82, 2.24) is 20.4 Å². The van der Waals surface area contributed by atoms with Gasteiger partial charge in [-0.25, -0.2) is 0 Å². The molecule has 19 heavy (non-hydrogen) atoms. The van der Waals surface area contributed by atoms with Gasteiger partial charge in [-0.1, -0.05) is 6.92 Å². The van der Waals surface area contributed by atoms with E-state index in [0.717, 1.165) is 19.1 Å². The number of amides is 1. The van der Waals surface area contributed by atoms with Gasteiger partial charge in [0.1, 0.15) is 5.82 Å². The van der Waals surface area contributed by atoms with Crippen LogP contribution >= 0.6 is 0 Å². The van der Waals surface area contributed by atoms with Crippen LogP contribution in [-0.2, 0) is 0 Å². The highest BCUT2D eigenvalue weighted by Crippen LogP contribution is 2.25. The maximum Gasteiger partial charge on any atom is 0.271 e. The third-order valence-electron chi connectivity index (χ3n) is 3.31. The van der Waals surface area contributed by atoms with E-state index in [2.05, 4.69) is 32.7 Å². The van der Waals surface area contributed by atoms with Gasteiger partial charge in [0, 0.05) is 26.2 Å². The summed E-state index contributed by atoms with van der Waals surface area (Å²) in [6.45, 7) is 4.74. The van der Waals surface area contributed by atoms with Crippen molar-refractivity contribution in [3.05, 3.63) is 17.8 Å². The molecule has 0 unspecified atom stereocenters. The normalized spacial score (nSPS) is 14.5. The summed E-state index contributed by atoms with van der Waals surface area (Å²) in [6.07, 6.45) is 2.58. The fourth-order valence-electron chi connectivity index (χ4n) is 2.03. The first-order chi connectivity index (χ1) is 9.24. The fraction of sp³-hybridized carbons (Fsp3) is 0.615. The lowest BCUT2D eigenvalue weighted by Crippen LogP contribution is -2.36. The van der Waals surface area contributed by atoms with Crippen LogP contribution in [0.15, 0.2) is 12.1 Å². The molecule has 1 aromatic rings. The predicted molar refractivity (Wildman–Crippen MR) is 74.2 cm³/mol. The Balaban J connectivity index is 1.76. The van der Waals surface area contributed by atoms with Gasteiger partial charge in [-0.15, -0.1) is 10.2 Å². The zero-order chi connectivity index (χ0) is 13.7. The Labute approximate surface area is 113 Å². The summed E-state index contributed by atoms with van der Waals surface area (Å²) in [6, 6.07) is 4.15. The molecule has 1 heterocycles. The third kappa shape index (κ3) is 3.89. The highest BCUT2D eigenvalue weighted by atomic mass is 16.1. The van der Waals surface area contributed by atoms with Crippen LogP contribution in [-0.4, -0.2) is 53.7 Å². The molecule has 0 aliphatic heterocycles. The molecule has 6 nitrogen and oxygen atoms in total. The molecule has 0 atom stereocenters. The molecule has 1 amide bonds. The van der Waals surface area contributed by atoms with E-state index >= 15 is 0 Å². The van der Waals surface area contributed by atoms with Crippen LogP contribution in [0.5, 0.6) is 0 Å². The van der Waals surface area contributed by atoms with E-state index in [1.165, 1.54) is 12.8 Å². The Hall–Kier alpha value is -1.69. The summed E-state index contributed by atoms with van der Waals surface area (Å²) >= 11 is 0. The molecule has 1 aliphatic rings. The van der Waals surface area contributed by atoms with Gasteiger partial charge in [-0.2, -0.15) is 0 Å². The molecule has 0 aromatic carbocycles. The highest BCUT2D eigenvalue weighted by molar-refractivity contribution is 5.92. The van der Waals surface area contributed by atoms with Crippen LogP contribution in [0.4, 0.5) is 5.82 Å². The van der Waals surface area contributed by atoms with Gasteiger partial charge in [0.05, 0.1) is 0 Å². The fourth-order valence-corrected chi connectivity index (χ4v) is 2.03. The minimum atomic E-state index is -0.165. The van der Waals surface area contributed by atoms with Crippen LogP contribution in [0.25, 0.3) is 0 Å². The maximum atomic E-state index is 11.8. The zero-order valence-electron chi connectivity index (χ0n) is 11.5. The van der Waals surface area contributed by atoms with Crippen molar-refractivity contribution in [3.8, 4) is 0 Å². The molecular formula is C13H21N5O. The number of rotatable bonds is 7. The Morgan fingerprint density at radius 1 is 1.42 bits per heavy atom. The Kier molecular flexibility index (Phi) is 4.68. The van der Waals surface area contributed by atoms with Crippen molar-refractivity contribution in [1.29, 1.82) is 0 Å². The first-order valence-electron chi connectivity index (χ1n) is 6.78. The van der Waals surface area contributed by atoms with E-state index in [9.17, 15) is 4.79 Å². The first-order valence-corrected chi connectivity index (χ1v) is 6.78. The van der Waals surface area contributed by atoms with Gasteiger partial charge >= 0.3 is 0 Å². The number of likely N-dealkylation sites (N-methyl/N-ethyl adjacent to an activating group) is 1. The quantitative estimate of drug-likeness (QED) is 0.759. The molecule has 0 radical (unpaired) electrons. The summed E-state index contributed by atoms with van der Waals surface area (Å²) in [5.74, 6) is 0.490. The van der Waals surface area contributed by atoms with Crippen LogP contribution < -0.4 is 10.6 Å². The summed E-state index contributed by atoms with van der Waals surface area (Å²) in [4.78, 5) is 14.2. The summed E-state index contributed by atoms with van der Waals surface area (Å²) in [5, 5.41) is 13.5. The maximum absolute atomic E-state index is 11.8. The van der Waals surface area contributed by atoms with E-state index in [1.54, 1.807) is 19.2 Å². The second kappa shape index (κ2) is 6.47. The molecule has 0 spiro atoms. The van der Waals surface area contributed by atoms with E-state index in [1.807, 2.05) is 0 Å². The lowest BCUT2D eigenvalue weighted by molar-refractivity contribution is 0.0942. The topological polar surface area (TPSA) is 70.2 Å². The minimum absolute atomic E-state index is 0.165. The van der Waals surface area contributed by atoms with E-state index < -0.39 is 0 Å². The van der Waals surface area contributed by atoms with Gasteiger partial charge in [0.2, 0.25) is 0 Å². The van der Waals surface area contributed by atoms with Crippen molar-refractivity contribution in [2.75, 3.05) is 32.0 Å². The summed E-state index contributed by atoms with van der Waals surface area (Å²) < 4.78 is 0. The Morgan fingerprint density at radius 3 is 2.74 bits per heavy atom. The Morgan fingerprint density at radius 2 is 2.21 bits per heavy atom. The molecule has 104 valence electrons. The number of carbonyl (C=O) groups is 1. The number of aromatic nitrogens is 2. The molecule has 0 saturated heterocycles.